The Balaban J connectivity index is 2.32. The molecule has 1 aliphatic heterocycles. The molecule has 0 aromatic rings. The Labute approximate surface area is 93.9 Å². The summed E-state index contributed by atoms with van der Waals surface area (Å²) in [6.07, 6.45) is 3.55. The van der Waals surface area contributed by atoms with Crippen LogP contribution in [-0.2, 0) is 0 Å². The van der Waals surface area contributed by atoms with E-state index in [0.717, 1.165) is 6.42 Å². The molecule has 0 aliphatic carbocycles. The summed E-state index contributed by atoms with van der Waals surface area (Å²) in [6, 6.07) is 0.885. The Kier molecular flexibility index (Phi) is 5.58. The molecule has 90 valence electrons. The highest BCUT2D eigenvalue weighted by atomic mass is 16.3. The highest BCUT2D eigenvalue weighted by Crippen LogP contribution is 2.13. The smallest absolute Gasteiger partial charge is 0.0587 e. The number of aliphatic hydroxyl groups is 1. The van der Waals surface area contributed by atoms with Crippen LogP contribution in [0.2, 0.25) is 0 Å². The molecule has 3 nitrogen and oxygen atoms in total. The van der Waals surface area contributed by atoms with E-state index in [1.165, 1.54) is 25.9 Å². The Morgan fingerprint density at radius 1 is 1.40 bits per heavy atom. The summed E-state index contributed by atoms with van der Waals surface area (Å²) < 4.78 is 0. The Bertz CT molecular complexity index is 167. The van der Waals surface area contributed by atoms with Crippen LogP contribution in [0.1, 0.15) is 33.1 Å². The van der Waals surface area contributed by atoms with Crippen LogP contribution in [0, 0.1) is 5.92 Å². The number of hydrogen-bond acceptors (Lipinski definition) is 3. The van der Waals surface area contributed by atoms with Crippen molar-refractivity contribution in [3.63, 3.8) is 0 Å². The summed E-state index contributed by atoms with van der Waals surface area (Å²) in [6.45, 7) is 7.01. The lowest BCUT2D eigenvalue weighted by Gasteiger charge is -2.33. The van der Waals surface area contributed by atoms with Gasteiger partial charge in [-0.15, -0.1) is 0 Å². The molecular weight excluding hydrogens is 188 g/mol. The van der Waals surface area contributed by atoms with Gasteiger partial charge in [0.25, 0.3) is 0 Å². The summed E-state index contributed by atoms with van der Waals surface area (Å²) in [4.78, 5) is 2.37. The van der Waals surface area contributed by atoms with Crippen LogP contribution < -0.4 is 5.32 Å². The standard InChI is InChI=1S/C12H26N2O/c1-4-10(2)12(9-15)13-11-5-7-14(3)8-6-11/h10-13,15H,4-9H2,1-3H3. The number of aliphatic hydroxyl groups excluding tert-OH is 1. The zero-order valence-electron chi connectivity index (χ0n) is 10.4. The Hall–Kier alpha value is -0.120. The van der Waals surface area contributed by atoms with E-state index in [9.17, 15) is 5.11 Å². The van der Waals surface area contributed by atoms with Gasteiger partial charge in [0.1, 0.15) is 0 Å². The molecule has 1 fully saturated rings. The van der Waals surface area contributed by atoms with Gasteiger partial charge in [-0.25, -0.2) is 0 Å². The van der Waals surface area contributed by atoms with Crippen LogP contribution in [-0.4, -0.2) is 48.8 Å². The molecule has 1 rings (SSSR count). The van der Waals surface area contributed by atoms with E-state index >= 15 is 0 Å². The first kappa shape index (κ1) is 12.9. The van der Waals surface area contributed by atoms with Gasteiger partial charge in [0.2, 0.25) is 0 Å². The van der Waals surface area contributed by atoms with Gasteiger partial charge in [0, 0.05) is 12.1 Å². The van der Waals surface area contributed by atoms with E-state index in [4.69, 9.17) is 0 Å². The fourth-order valence-electron chi connectivity index (χ4n) is 2.16. The average molecular weight is 214 g/mol. The first-order valence-corrected chi connectivity index (χ1v) is 6.22. The van der Waals surface area contributed by atoms with Gasteiger partial charge in [-0.1, -0.05) is 20.3 Å². The molecule has 0 aromatic heterocycles. The maximum atomic E-state index is 9.34. The van der Waals surface area contributed by atoms with Gasteiger partial charge in [0.15, 0.2) is 0 Å². The third kappa shape index (κ3) is 4.09. The fourth-order valence-corrected chi connectivity index (χ4v) is 2.16. The highest BCUT2D eigenvalue weighted by Gasteiger charge is 2.22. The zero-order valence-corrected chi connectivity index (χ0v) is 10.4. The van der Waals surface area contributed by atoms with Crippen molar-refractivity contribution in [3.8, 4) is 0 Å². The minimum absolute atomic E-state index is 0.265. The second-order valence-corrected chi connectivity index (χ2v) is 4.92. The summed E-state index contributed by atoms with van der Waals surface area (Å²) in [5.74, 6) is 0.564. The maximum Gasteiger partial charge on any atom is 0.0587 e. The van der Waals surface area contributed by atoms with Gasteiger partial charge >= 0.3 is 0 Å². The van der Waals surface area contributed by atoms with Crippen LogP contribution in [0.4, 0.5) is 0 Å². The molecular formula is C12H26N2O. The van der Waals surface area contributed by atoms with Crippen LogP contribution >= 0.6 is 0 Å². The topological polar surface area (TPSA) is 35.5 Å². The van der Waals surface area contributed by atoms with E-state index in [1.54, 1.807) is 0 Å². The van der Waals surface area contributed by atoms with E-state index in [2.05, 4.69) is 31.1 Å². The zero-order chi connectivity index (χ0) is 11.3. The fraction of sp³-hybridized carbons (Fsp3) is 1.00. The molecule has 1 aliphatic rings. The number of nitrogens with zero attached hydrogens (tertiary/aromatic N) is 1. The third-order valence-corrected chi connectivity index (χ3v) is 3.70. The minimum Gasteiger partial charge on any atom is -0.395 e. The lowest BCUT2D eigenvalue weighted by Crippen LogP contribution is -2.48. The molecule has 2 atom stereocenters. The van der Waals surface area contributed by atoms with Crippen LogP contribution in [0.3, 0.4) is 0 Å². The van der Waals surface area contributed by atoms with Crippen LogP contribution in [0.25, 0.3) is 0 Å². The molecule has 0 aromatic carbocycles. The molecule has 15 heavy (non-hydrogen) atoms. The van der Waals surface area contributed by atoms with Gasteiger partial charge < -0.3 is 15.3 Å². The van der Waals surface area contributed by atoms with Crippen molar-refractivity contribution in [3.05, 3.63) is 0 Å². The van der Waals surface area contributed by atoms with Gasteiger partial charge in [0.05, 0.1) is 6.61 Å². The first-order chi connectivity index (χ1) is 7.17. The second kappa shape index (κ2) is 6.46. The first-order valence-electron chi connectivity index (χ1n) is 6.22. The molecule has 1 heterocycles. The van der Waals surface area contributed by atoms with E-state index in [0.29, 0.717) is 12.0 Å². The molecule has 0 bridgehead atoms. The van der Waals surface area contributed by atoms with E-state index in [-0.39, 0.29) is 12.6 Å². The number of piperidine rings is 1. The van der Waals surface area contributed by atoms with Crippen molar-refractivity contribution >= 4 is 0 Å². The Morgan fingerprint density at radius 2 is 2.00 bits per heavy atom. The van der Waals surface area contributed by atoms with Gasteiger partial charge in [-0.3, -0.25) is 0 Å². The largest absolute Gasteiger partial charge is 0.395 e. The van der Waals surface area contributed by atoms with E-state index in [1.807, 2.05) is 0 Å². The number of likely N-dealkylation sites (tertiary alicyclic amines) is 1. The van der Waals surface area contributed by atoms with Crippen molar-refractivity contribution in [2.24, 2.45) is 5.92 Å². The molecule has 3 heteroatoms. The lowest BCUT2D eigenvalue weighted by molar-refractivity contribution is 0.162. The number of hydrogen-bond donors (Lipinski definition) is 2. The highest BCUT2D eigenvalue weighted by molar-refractivity contribution is 4.81. The Morgan fingerprint density at radius 3 is 2.47 bits per heavy atom. The molecule has 2 unspecified atom stereocenters. The van der Waals surface area contributed by atoms with E-state index < -0.39 is 0 Å². The quantitative estimate of drug-likeness (QED) is 0.719. The summed E-state index contributed by atoms with van der Waals surface area (Å²) in [5.41, 5.74) is 0. The van der Waals surface area contributed by atoms with Gasteiger partial charge in [-0.2, -0.15) is 0 Å². The summed E-state index contributed by atoms with van der Waals surface area (Å²) in [7, 11) is 2.18. The summed E-state index contributed by atoms with van der Waals surface area (Å²) in [5, 5.41) is 12.9. The molecule has 0 radical (unpaired) electrons. The van der Waals surface area contributed by atoms with Crippen molar-refractivity contribution in [2.45, 2.75) is 45.2 Å². The molecule has 1 saturated heterocycles. The number of rotatable bonds is 5. The predicted octanol–water partition coefficient (Wildman–Crippen LogP) is 1.08. The predicted molar refractivity (Wildman–Crippen MR) is 64.0 cm³/mol. The SMILES string of the molecule is CCC(C)C(CO)NC1CCN(C)CC1. The number of nitrogens with one attached hydrogen (secondary N) is 1. The molecule has 2 N–H and O–H groups in total. The maximum absolute atomic E-state index is 9.34. The van der Waals surface area contributed by atoms with Crippen molar-refractivity contribution in [2.75, 3.05) is 26.7 Å². The minimum atomic E-state index is 0.265. The normalized spacial score (nSPS) is 24.0. The van der Waals surface area contributed by atoms with Crippen LogP contribution in [0.15, 0.2) is 0 Å². The third-order valence-electron chi connectivity index (χ3n) is 3.70. The van der Waals surface area contributed by atoms with Crippen molar-refractivity contribution in [1.82, 2.24) is 10.2 Å². The van der Waals surface area contributed by atoms with Crippen molar-refractivity contribution in [1.29, 1.82) is 0 Å². The average Bonchev–Trinajstić information content (AvgIpc) is 2.27. The molecule has 0 amide bonds. The van der Waals surface area contributed by atoms with Crippen LogP contribution in [0.5, 0.6) is 0 Å². The molecule has 0 spiro atoms. The second-order valence-electron chi connectivity index (χ2n) is 4.92. The van der Waals surface area contributed by atoms with Gasteiger partial charge in [-0.05, 0) is 38.9 Å². The van der Waals surface area contributed by atoms with Crippen molar-refractivity contribution < 1.29 is 5.11 Å². The monoisotopic (exact) mass is 214 g/mol. The lowest BCUT2D eigenvalue weighted by atomic mass is 9.96. The molecule has 0 saturated carbocycles. The summed E-state index contributed by atoms with van der Waals surface area (Å²) >= 11 is 0.